The van der Waals surface area contributed by atoms with Crippen LogP contribution in [0, 0.1) is 0 Å². The van der Waals surface area contributed by atoms with E-state index in [0.717, 1.165) is 19.7 Å². The first-order valence-electron chi connectivity index (χ1n) is 6.30. The van der Waals surface area contributed by atoms with Crippen LogP contribution >= 0.6 is 0 Å². The Morgan fingerprint density at radius 1 is 1.44 bits per heavy atom. The average molecular weight is 229 g/mol. The van der Waals surface area contributed by atoms with E-state index in [2.05, 4.69) is 23.8 Å². The molecule has 1 fully saturated rings. The Kier molecular flexibility index (Phi) is 6.28. The fourth-order valence-corrected chi connectivity index (χ4v) is 2.36. The zero-order valence-corrected chi connectivity index (χ0v) is 11.0. The molecule has 16 heavy (non-hydrogen) atoms. The summed E-state index contributed by atoms with van der Waals surface area (Å²) < 4.78 is 5.17. The molecular weight excluding hydrogens is 202 g/mol. The van der Waals surface area contributed by atoms with E-state index in [4.69, 9.17) is 10.5 Å². The highest BCUT2D eigenvalue weighted by atomic mass is 16.5. The van der Waals surface area contributed by atoms with Crippen LogP contribution in [-0.4, -0.2) is 68.8 Å². The minimum absolute atomic E-state index is 0.247. The summed E-state index contributed by atoms with van der Waals surface area (Å²) in [6.45, 7) is 7.28. The molecule has 0 saturated carbocycles. The van der Waals surface area contributed by atoms with Crippen LogP contribution in [0.4, 0.5) is 0 Å². The summed E-state index contributed by atoms with van der Waals surface area (Å²) in [7, 11) is 3.96. The van der Waals surface area contributed by atoms with Gasteiger partial charge in [-0.3, -0.25) is 4.90 Å². The van der Waals surface area contributed by atoms with Gasteiger partial charge in [-0.2, -0.15) is 0 Å². The van der Waals surface area contributed by atoms with Crippen molar-refractivity contribution in [1.82, 2.24) is 9.80 Å². The molecule has 0 radical (unpaired) electrons. The Bertz CT molecular complexity index is 179. The fraction of sp³-hybridized carbons (Fsp3) is 1.00. The molecule has 2 N–H and O–H groups in total. The lowest BCUT2D eigenvalue weighted by atomic mass is 10.0. The number of nitrogens with zero attached hydrogens (tertiary/aromatic N) is 2. The maximum absolute atomic E-state index is 5.91. The van der Waals surface area contributed by atoms with Crippen molar-refractivity contribution in [3.63, 3.8) is 0 Å². The maximum atomic E-state index is 5.91. The minimum Gasteiger partial charge on any atom is -0.383 e. The van der Waals surface area contributed by atoms with Crippen LogP contribution in [-0.2, 0) is 4.74 Å². The molecule has 0 aromatic carbocycles. The van der Waals surface area contributed by atoms with E-state index in [1.165, 1.54) is 25.9 Å². The second-order valence-electron chi connectivity index (χ2n) is 5.00. The number of ether oxygens (including phenoxy) is 1. The standard InChI is InChI=1S/C12H27N3O/c1-11(13)10-15(8-9-16-3)12-4-6-14(2)7-5-12/h11-12H,4-10,13H2,1-3H3/t11-/m0/s1. The van der Waals surface area contributed by atoms with Crippen LogP contribution in [0.15, 0.2) is 0 Å². The zero-order valence-electron chi connectivity index (χ0n) is 11.0. The van der Waals surface area contributed by atoms with Crippen molar-refractivity contribution in [2.24, 2.45) is 5.73 Å². The molecule has 0 bridgehead atoms. The Labute approximate surface area is 99.7 Å². The third-order valence-electron chi connectivity index (χ3n) is 3.31. The van der Waals surface area contributed by atoms with Gasteiger partial charge in [-0.05, 0) is 39.9 Å². The number of hydrogen-bond donors (Lipinski definition) is 1. The average Bonchev–Trinajstić information content (AvgIpc) is 2.25. The van der Waals surface area contributed by atoms with Gasteiger partial charge in [-0.15, -0.1) is 0 Å². The Hall–Kier alpha value is -0.160. The molecule has 1 aliphatic rings. The molecule has 4 heteroatoms. The SMILES string of the molecule is COCCN(C[C@H](C)N)C1CCN(C)CC1. The van der Waals surface area contributed by atoms with Crippen LogP contribution in [0.25, 0.3) is 0 Å². The molecule has 0 amide bonds. The van der Waals surface area contributed by atoms with Crippen molar-refractivity contribution in [2.45, 2.75) is 31.8 Å². The molecule has 1 saturated heterocycles. The van der Waals surface area contributed by atoms with E-state index >= 15 is 0 Å². The molecular formula is C12H27N3O. The van der Waals surface area contributed by atoms with E-state index in [1.54, 1.807) is 7.11 Å². The number of methoxy groups -OCH3 is 1. The van der Waals surface area contributed by atoms with Crippen LogP contribution in [0.1, 0.15) is 19.8 Å². The third-order valence-corrected chi connectivity index (χ3v) is 3.31. The molecule has 0 unspecified atom stereocenters. The lowest BCUT2D eigenvalue weighted by Gasteiger charge is -2.38. The first kappa shape index (κ1) is 13.9. The zero-order chi connectivity index (χ0) is 12.0. The summed E-state index contributed by atoms with van der Waals surface area (Å²) in [5.41, 5.74) is 5.91. The highest BCUT2D eigenvalue weighted by Crippen LogP contribution is 2.15. The lowest BCUT2D eigenvalue weighted by molar-refractivity contribution is 0.0823. The molecule has 96 valence electrons. The first-order valence-corrected chi connectivity index (χ1v) is 6.30. The van der Waals surface area contributed by atoms with E-state index in [1.807, 2.05) is 0 Å². The van der Waals surface area contributed by atoms with Crippen molar-refractivity contribution in [3.8, 4) is 0 Å². The molecule has 1 atom stereocenters. The number of rotatable bonds is 6. The largest absolute Gasteiger partial charge is 0.383 e. The molecule has 0 spiro atoms. The van der Waals surface area contributed by atoms with E-state index < -0.39 is 0 Å². The highest BCUT2D eigenvalue weighted by Gasteiger charge is 2.23. The molecule has 4 nitrogen and oxygen atoms in total. The molecule has 1 rings (SSSR count). The first-order chi connectivity index (χ1) is 7.63. The van der Waals surface area contributed by atoms with Gasteiger partial charge in [0.2, 0.25) is 0 Å². The topological polar surface area (TPSA) is 41.7 Å². The third kappa shape index (κ3) is 4.78. The predicted octanol–water partition coefficient (Wildman–Crippen LogP) is 0.376. The van der Waals surface area contributed by atoms with Gasteiger partial charge in [0.25, 0.3) is 0 Å². The highest BCUT2D eigenvalue weighted by molar-refractivity contribution is 4.80. The number of hydrogen-bond acceptors (Lipinski definition) is 4. The number of piperidine rings is 1. The van der Waals surface area contributed by atoms with Crippen molar-refractivity contribution < 1.29 is 4.74 Å². The molecule has 1 aliphatic heterocycles. The number of nitrogens with two attached hydrogens (primary N) is 1. The summed E-state index contributed by atoms with van der Waals surface area (Å²) in [5, 5.41) is 0. The second kappa shape index (κ2) is 7.22. The van der Waals surface area contributed by atoms with Gasteiger partial charge in [0.05, 0.1) is 6.61 Å². The van der Waals surface area contributed by atoms with E-state index in [-0.39, 0.29) is 6.04 Å². The van der Waals surface area contributed by atoms with Gasteiger partial charge >= 0.3 is 0 Å². The summed E-state index contributed by atoms with van der Waals surface area (Å²) in [6, 6.07) is 0.939. The fourth-order valence-electron chi connectivity index (χ4n) is 2.36. The van der Waals surface area contributed by atoms with Gasteiger partial charge < -0.3 is 15.4 Å². The minimum atomic E-state index is 0.247. The van der Waals surface area contributed by atoms with Crippen molar-refractivity contribution in [3.05, 3.63) is 0 Å². The summed E-state index contributed by atoms with van der Waals surface area (Å²) in [5.74, 6) is 0. The van der Waals surface area contributed by atoms with Crippen LogP contribution < -0.4 is 5.73 Å². The van der Waals surface area contributed by atoms with Crippen LogP contribution in [0.2, 0.25) is 0 Å². The Morgan fingerprint density at radius 2 is 2.06 bits per heavy atom. The monoisotopic (exact) mass is 229 g/mol. The molecule has 1 heterocycles. The lowest BCUT2D eigenvalue weighted by Crippen LogP contribution is -2.48. The van der Waals surface area contributed by atoms with Gasteiger partial charge in [0.15, 0.2) is 0 Å². The molecule has 0 aromatic heterocycles. The summed E-state index contributed by atoms with van der Waals surface area (Å²) >= 11 is 0. The van der Waals surface area contributed by atoms with Crippen LogP contribution in [0.5, 0.6) is 0 Å². The molecule has 0 aromatic rings. The smallest absolute Gasteiger partial charge is 0.0589 e. The van der Waals surface area contributed by atoms with Gasteiger partial charge in [-0.1, -0.05) is 0 Å². The quantitative estimate of drug-likeness (QED) is 0.715. The second-order valence-corrected chi connectivity index (χ2v) is 5.00. The van der Waals surface area contributed by atoms with E-state index in [9.17, 15) is 0 Å². The number of likely N-dealkylation sites (tertiary alicyclic amines) is 1. The van der Waals surface area contributed by atoms with Gasteiger partial charge in [0, 0.05) is 32.3 Å². The summed E-state index contributed by atoms with van der Waals surface area (Å²) in [4.78, 5) is 4.90. The Morgan fingerprint density at radius 3 is 2.56 bits per heavy atom. The molecule has 0 aliphatic carbocycles. The summed E-state index contributed by atoms with van der Waals surface area (Å²) in [6.07, 6.45) is 2.51. The van der Waals surface area contributed by atoms with Crippen molar-refractivity contribution in [1.29, 1.82) is 0 Å². The maximum Gasteiger partial charge on any atom is 0.0589 e. The van der Waals surface area contributed by atoms with Crippen molar-refractivity contribution >= 4 is 0 Å². The van der Waals surface area contributed by atoms with Crippen molar-refractivity contribution in [2.75, 3.05) is 46.9 Å². The predicted molar refractivity (Wildman–Crippen MR) is 67.6 cm³/mol. The van der Waals surface area contributed by atoms with Gasteiger partial charge in [-0.25, -0.2) is 0 Å². The van der Waals surface area contributed by atoms with Crippen LogP contribution in [0.3, 0.4) is 0 Å². The Balaban J connectivity index is 2.40. The van der Waals surface area contributed by atoms with E-state index in [0.29, 0.717) is 6.04 Å². The normalized spacial score (nSPS) is 21.6. The van der Waals surface area contributed by atoms with Gasteiger partial charge in [0.1, 0.15) is 0 Å².